The third kappa shape index (κ3) is 6.63. The first-order chi connectivity index (χ1) is 15.7. The molecule has 3 rings (SSSR count). The molecule has 6 nitrogen and oxygen atoms in total. The Kier molecular flexibility index (Phi) is 8.24. The monoisotopic (exact) mass is 506 g/mol. The second-order valence-electron chi connectivity index (χ2n) is 7.37. The van der Waals surface area contributed by atoms with Gasteiger partial charge in [-0.3, -0.25) is 9.10 Å². The first-order valence-corrected chi connectivity index (χ1v) is 12.7. The number of halogens is 2. The summed E-state index contributed by atoms with van der Waals surface area (Å²) in [6.07, 6.45) is 1.78. The second-order valence-corrected chi connectivity index (χ2v) is 10.1. The lowest BCUT2D eigenvalue weighted by Crippen LogP contribution is -2.30. The van der Waals surface area contributed by atoms with Gasteiger partial charge in [-0.25, -0.2) is 8.42 Å². The van der Waals surface area contributed by atoms with Crippen molar-refractivity contribution in [3.63, 3.8) is 0 Å². The van der Waals surface area contributed by atoms with E-state index in [2.05, 4.69) is 5.32 Å². The Morgan fingerprint density at radius 1 is 0.970 bits per heavy atom. The van der Waals surface area contributed by atoms with E-state index in [4.69, 9.17) is 27.9 Å². The molecule has 3 aromatic rings. The molecular formula is C24H24Cl2N2O4S. The third-order valence-electron chi connectivity index (χ3n) is 5.04. The quantitative estimate of drug-likeness (QED) is 0.445. The maximum absolute atomic E-state index is 12.5. The molecular weight excluding hydrogens is 483 g/mol. The van der Waals surface area contributed by atoms with Crippen LogP contribution in [0.15, 0.2) is 66.7 Å². The van der Waals surface area contributed by atoms with Gasteiger partial charge >= 0.3 is 0 Å². The molecule has 174 valence electrons. The summed E-state index contributed by atoms with van der Waals surface area (Å²) >= 11 is 12.4. The molecule has 0 aliphatic heterocycles. The number of hydrogen-bond acceptors (Lipinski definition) is 4. The van der Waals surface area contributed by atoms with Gasteiger partial charge in [0.1, 0.15) is 5.75 Å². The fourth-order valence-electron chi connectivity index (χ4n) is 3.22. The van der Waals surface area contributed by atoms with Crippen molar-refractivity contribution in [3.8, 4) is 5.75 Å². The summed E-state index contributed by atoms with van der Waals surface area (Å²) < 4.78 is 31.2. The Balaban J connectivity index is 1.67. The zero-order chi connectivity index (χ0) is 24.0. The van der Waals surface area contributed by atoms with Crippen molar-refractivity contribution in [3.05, 3.63) is 93.5 Å². The molecule has 0 saturated heterocycles. The highest BCUT2D eigenvalue weighted by atomic mass is 35.5. The minimum absolute atomic E-state index is 0.0231. The SMILES string of the molecule is COc1ccc(CCNC(=O)c2ccc(N(Cc3c(Cl)cccc3Cl)S(C)(=O)=O)cc2)cc1. The molecule has 1 amide bonds. The van der Waals surface area contributed by atoms with Crippen LogP contribution in [0.2, 0.25) is 10.0 Å². The number of rotatable bonds is 9. The van der Waals surface area contributed by atoms with Gasteiger partial charge in [-0.1, -0.05) is 41.4 Å². The summed E-state index contributed by atoms with van der Waals surface area (Å²) in [6.45, 7) is 0.443. The highest BCUT2D eigenvalue weighted by Gasteiger charge is 2.21. The lowest BCUT2D eigenvalue weighted by Gasteiger charge is -2.23. The molecule has 0 unspecified atom stereocenters. The topological polar surface area (TPSA) is 75.7 Å². The Hall–Kier alpha value is -2.74. The Morgan fingerprint density at radius 3 is 2.12 bits per heavy atom. The molecule has 0 aromatic heterocycles. The third-order valence-corrected chi connectivity index (χ3v) is 6.89. The normalized spacial score (nSPS) is 11.2. The molecule has 0 saturated carbocycles. The fourth-order valence-corrected chi connectivity index (χ4v) is 4.61. The number of ether oxygens (including phenoxy) is 1. The molecule has 0 spiro atoms. The van der Waals surface area contributed by atoms with Gasteiger partial charge in [0.25, 0.3) is 5.91 Å². The van der Waals surface area contributed by atoms with Gasteiger partial charge in [0.2, 0.25) is 10.0 Å². The van der Waals surface area contributed by atoms with Crippen LogP contribution < -0.4 is 14.4 Å². The van der Waals surface area contributed by atoms with E-state index in [1.54, 1.807) is 49.6 Å². The van der Waals surface area contributed by atoms with E-state index in [1.807, 2.05) is 24.3 Å². The van der Waals surface area contributed by atoms with E-state index in [0.717, 1.165) is 17.6 Å². The van der Waals surface area contributed by atoms with E-state index >= 15 is 0 Å². The Labute approximate surface area is 204 Å². The number of nitrogens with zero attached hydrogens (tertiary/aromatic N) is 1. The molecule has 0 heterocycles. The lowest BCUT2D eigenvalue weighted by molar-refractivity contribution is 0.0954. The number of carbonyl (C=O) groups is 1. The molecule has 0 fully saturated rings. The number of hydrogen-bond donors (Lipinski definition) is 1. The average molecular weight is 507 g/mol. The van der Waals surface area contributed by atoms with E-state index in [-0.39, 0.29) is 12.5 Å². The number of nitrogens with one attached hydrogen (secondary N) is 1. The predicted octanol–water partition coefficient (Wildman–Crippen LogP) is 4.94. The molecule has 0 aliphatic carbocycles. The fraction of sp³-hybridized carbons (Fsp3) is 0.208. The van der Waals surface area contributed by atoms with Gasteiger partial charge in [0, 0.05) is 27.7 Å². The maximum Gasteiger partial charge on any atom is 0.251 e. The molecule has 0 radical (unpaired) electrons. The summed E-state index contributed by atoms with van der Waals surface area (Å²) in [6, 6.07) is 19.0. The number of carbonyl (C=O) groups excluding carboxylic acids is 1. The summed E-state index contributed by atoms with van der Waals surface area (Å²) in [5.74, 6) is 0.540. The predicted molar refractivity (Wildman–Crippen MR) is 133 cm³/mol. The van der Waals surface area contributed by atoms with Crippen molar-refractivity contribution in [1.82, 2.24) is 5.32 Å². The number of methoxy groups -OCH3 is 1. The van der Waals surface area contributed by atoms with Crippen LogP contribution in [-0.4, -0.2) is 34.2 Å². The van der Waals surface area contributed by atoms with Crippen molar-refractivity contribution in [1.29, 1.82) is 0 Å². The average Bonchev–Trinajstić information content (AvgIpc) is 2.78. The first kappa shape index (κ1) is 24.9. The number of amides is 1. The standard InChI is InChI=1S/C24H24Cl2N2O4S/c1-32-20-12-6-17(7-13-20)14-15-27-24(29)18-8-10-19(11-9-18)28(33(2,30)31)16-21-22(25)4-3-5-23(21)26/h3-13H,14-16H2,1-2H3,(H,27,29). The summed E-state index contributed by atoms with van der Waals surface area (Å²) in [4.78, 5) is 12.5. The summed E-state index contributed by atoms with van der Waals surface area (Å²) in [5, 5.41) is 3.63. The van der Waals surface area contributed by atoms with Crippen LogP contribution in [0.4, 0.5) is 5.69 Å². The molecule has 9 heteroatoms. The van der Waals surface area contributed by atoms with E-state index in [0.29, 0.717) is 39.8 Å². The van der Waals surface area contributed by atoms with Gasteiger partial charge in [-0.05, 0) is 60.5 Å². The van der Waals surface area contributed by atoms with Crippen molar-refractivity contribution < 1.29 is 17.9 Å². The van der Waals surface area contributed by atoms with Crippen LogP contribution in [0.3, 0.4) is 0 Å². The lowest BCUT2D eigenvalue weighted by atomic mass is 10.1. The smallest absolute Gasteiger partial charge is 0.251 e. The maximum atomic E-state index is 12.5. The zero-order valence-corrected chi connectivity index (χ0v) is 20.5. The van der Waals surface area contributed by atoms with Crippen LogP contribution in [0.25, 0.3) is 0 Å². The summed E-state index contributed by atoms with van der Waals surface area (Å²) in [5.41, 5.74) is 2.42. The highest BCUT2D eigenvalue weighted by Crippen LogP contribution is 2.29. The summed E-state index contributed by atoms with van der Waals surface area (Å²) in [7, 11) is -2.01. The minimum Gasteiger partial charge on any atom is -0.497 e. The van der Waals surface area contributed by atoms with Crippen LogP contribution in [0.1, 0.15) is 21.5 Å². The van der Waals surface area contributed by atoms with Gasteiger partial charge in [0.05, 0.1) is 25.6 Å². The van der Waals surface area contributed by atoms with E-state index < -0.39 is 10.0 Å². The van der Waals surface area contributed by atoms with Gasteiger partial charge < -0.3 is 10.1 Å². The van der Waals surface area contributed by atoms with Crippen LogP contribution >= 0.6 is 23.2 Å². The molecule has 0 atom stereocenters. The van der Waals surface area contributed by atoms with Gasteiger partial charge in [0.15, 0.2) is 0 Å². The number of benzene rings is 3. The highest BCUT2D eigenvalue weighted by molar-refractivity contribution is 7.92. The number of anilines is 1. The van der Waals surface area contributed by atoms with Crippen molar-refractivity contribution in [2.24, 2.45) is 0 Å². The van der Waals surface area contributed by atoms with Crippen LogP contribution in [-0.2, 0) is 23.0 Å². The minimum atomic E-state index is -3.63. The largest absolute Gasteiger partial charge is 0.497 e. The van der Waals surface area contributed by atoms with Crippen LogP contribution in [0, 0.1) is 0 Å². The molecule has 0 aliphatic rings. The molecule has 3 aromatic carbocycles. The van der Waals surface area contributed by atoms with E-state index in [9.17, 15) is 13.2 Å². The van der Waals surface area contributed by atoms with E-state index in [1.165, 1.54) is 4.31 Å². The first-order valence-electron chi connectivity index (χ1n) is 10.1. The van der Waals surface area contributed by atoms with Gasteiger partial charge in [-0.15, -0.1) is 0 Å². The van der Waals surface area contributed by atoms with Crippen LogP contribution in [0.5, 0.6) is 5.75 Å². The Bertz CT molecular complexity index is 1190. The molecule has 33 heavy (non-hydrogen) atoms. The molecule has 1 N–H and O–H groups in total. The molecule has 0 bridgehead atoms. The van der Waals surface area contributed by atoms with Crippen molar-refractivity contribution in [2.45, 2.75) is 13.0 Å². The Morgan fingerprint density at radius 2 is 1.58 bits per heavy atom. The van der Waals surface area contributed by atoms with Crippen molar-refractivity contribution in [2.75, 3.05) is 24.2 Å². The number of sulfonamides is 1. The van der Waals surface area contributed by atoms with Crippen molar-refractivity contribution >= 4 is 44.8 Å². The second kappa shape index (κ2) is 10.9. The van der Waals surface area contributed by atoms with Gasteiger partial charge in [-0.2, -0.15) is 0 Å². The zero-order valence-electron chi connectivity index (χ0n) is 18.2.